The summed E-state index contributed by atoms with van der Waals surface area (Å²) in [5, 5.41) is 4.95. The third-order valence-electron chi connectivity index (χ3n) is 5.03. The molecule has 6 nitrogen and oxygen atoms in total. The van der Waals surface area contributed by atoms with Crippen molar-refractivity contribution in [3.05, 3.63) is 77.9 Å². The molecule has 4 aromatic rings. The molecule has 0 radical (unpaired) electrons. The predicted octanol–water partition coefficient (Wildman–Crippen LogP) is 4.97. The lowest BCUT2D eigenvalue weighted by Crippen LogP contribution is -2.17. The standard InChI is InChI=1S/C23H23FN4O2S/c1-15-14-21(27-31(29,30)17-9-7-16(8-10-17)23(2,3)4)28(26-15)20-12-11-19(24)22-18(20)6-5-13-25-22/h5-14,27H,1-4H3. The minimum absolute atomic E-state index is 0.0802. The molecule has 8 heteroatoms. The van der Waals surface area contributed by atoms with Gasteiger partial charge in [-0.05, 0) is 54.3 Å². The van der Waals surface area contributed by atoms with Crippen LogP contribution in [0.3, 0.4) is 0 Å². The first-order valence-electron chi connectivity index (χ1n) is 9.80. The van der Waals surface area contributed by atoms with Crippen molar-refractivity contribution < 1.29 is 12.8 Å². The Bertz CT molecular complexity index is 1370. The summed E-state index contributed by atoms with van der Waals surface area (Å²) in [6, 6.07) is 14.7. The molecule has 2 aromatic heterocycles. The molecule has 31 heavy (non-hydrogen) atoms. The largest absolute Gasteiger partial charge is 0.263 e. The molecule has 0 aliphatic rings. The molecule has 0 aliphatic heterocycles. The lowest BCUT2D eigenvalue weighted by Gasteiger charge is -2.19. The maximum atomic E-state index is 14.2. The summed E-state index contributed by atoms with van der Waals surface area (Å²) >= 11 is 0. The fourth-order valence-electron chi connectivity index (χ4n) is 3.39. The Kier molecular flexibility index (Phi) is 5.05. The van der Waals surface area contributed by atoms with Gasteiger partial charge in [-0.3, -0.25) is 9.71 Å². The predicted molar refractivity (Wildman–Crippen MR) is 120 cm³/mol. The average molecular weight is 439 g/mol. The zero-order valence-electron chi connectivity index (χ0n) is 17.7. The number of sulfonamides is 1. The molecule has 0 saturated heterocycles. The highest BCUT2D eigenvalue weighted by molar-refractivity contribution is 7.92. The minimum atomic E-state index is -3.85. The Morgan fingerprint density at radius 3 is 2.42 bits per heavy atom. The maximum Gasteiger partial charge on any atom is 0.263 e. The number of rotatable bonds is 4. The van der Waals surface area contributed by atoms with Crippen molar-refractivity contribution in [3.8, 4) is 5.69 Å². The van der Waals surface area contributed by atoms with E-state index in [0.717, 1.165) is 5.56 Å². The zero-order valence-corrected chi connectivity index (χ0v) is 18.5. The van der Waals surface area contributed by atoms with Gasteiger partial charge in [-0.15, -0.1) is 0 Å². The van der Waals surface area contributed by atoms with Crippen LogP contribution in [0.2, 0.25) is 0 Å². The number of aryl methyl sites for hydroxylation is 1. The van der Waals surface area contributed by atoms with Gasteiger partial charge in [-0.25, -0.2) is 17.5 Å². The van der Waals surface area contributed by atoms with Crippen LogP contribution in [0.4, 0.5) is 10.2 Å². The topological polar surface area (TPSA) is 76.9 Å². The van der Waals surface area contributed by atoms with E-state index in [4.69, 9.17) is 0 Å². The fourth-order valence-corrected chi connectivity index (χ4v) is 4.43. The Balaban J connectivity index is 1.76. The summed E-state index contributed by atoms with van der Waals surface area (Å²) in [4.78, 5) is 4.25. The van der Waals surface area contributed by atoms with Gasteiger partial charge >= 0.3 is 0 Å². The number of fused-ring (bicyclic) bond motifs is 1. The number of aromatic nitrogens is 3. The van der Waals surface area contributed by atoms with E-state index in [1.54, 1.807) is 43.3 Å². The van der Waals surface area contributed by atoms with Gasteiger partial charge in [0, 0.05) is 17.6 Å². The van der Waals surface area contributed by atoms with E-state index >= 15 is 0 Å². The summed E-state index contributed by atoms with van der Waals surface area (Å²) in [6.45, 7) is 7.96. The van der Waals surface area contributed by atoms with Crippen molar-refractivity contribution in [1.82, 2.24) is 14.8 Å². The second-order valence-corrected chi connectivity index (χ2v) is 10.1. The van der Waals surface area contributed by atoms with Gasteiger partial charge in [-0.1, -0.05) is 32.9 Å². The molecule has 0 atom stereocenters. The number of halogens is 1. The maximum absolute atomic E-state index is 14.2. The minimum Gasteiger partial charge on any atom is -0.263 e. The second-order valence-electron chi connectivity index (χ2n) is 8.43. The van der Waals surface area contributed by atoms with Gasteiger partial charge in [0.15, 0.2) is 0 Å². The van der Waals surface area contributed by atoms with Crippen molar-refractivity contribution in [1.29, 1.82) is 0 Å². The summed E-state index contributed by atoms with van der Waals surface area (Å²) in [5.41, 5.74) is 2.29. The lowest BCUT2D eigenvalue weighted by atomic mass is 9.87. The van der Waals surface area contributed by atoms with Gasteiger partial charge in [0.05, 0.1) is 16.3 Å². The third-order valence-corrected chi connectivity index (χ3v) is 6.40. The molecule has 2 heterocycles. The lowest BCUT2D eigenvalue weighted by molar-refractivity contribution is 0.587. The molecule has 0 spiro atoms. The molecule has 4 rings (SSSR count). The number of benzene rings is 2. The van der Waals surface area contributed by atoms with Crippen LogP contribution in [0, 0.1) is 12.7 Å². The van der Waals surface area contributed by atoms with Gasteiger partial charge in [0.25, 0.3) is 10.0 Å². The highest BCUT2D eigenvalue weighted by Gasteiger charge is 2.21. The van der Waals surface area contributed by atoms with E-state index in [-0.39, 0.29) is 21.6 Å². The third kappa shape index (κ3) is 4.03. The molecule has 0 saturated carbocycles. The highest BCUT2D eigenvalue weighted by atomic mass is 32.2. The van der Waals surface area contributed by atoms with Crippen molar-refractivity contribution in [2.45, 2.75) is 38.0 Å². The molecule has 2 aromatic carbocycles. The van der Waals surface area contributed by atoms with E-state index in [0.29, 0.717) is 16.8 Å². The summed E-state index contributed by atoms with van der Waals surface area (Å²) in [5.74, 6) is -0.196. The second kappa shape index (κ2) is 7.46. The van der Waals surface area contributed by atoms with Crippen molar-refractivity contribution in [2.24, 2.45) is 0 Å². The Labute approximate surface area is 180 Å². The van der Waals surface area contributed by atoms with Gasteiger partial charge < -0.3 is 0 Å². The molecule has 1 N–H and O–H groups in total. The van der Waals surface area contributed by atoms with Gasteiger partial charge in [-0.2, -0.15) is 5.10 Å². The Hall–Kier alpha value is -3.26. The molecule has 160 valence electrons. The van der Waals surface area contributed by atoms with Crippen LogP contribution in [-0.4, -0.2) is 23.2 Å². The number of hydrogen-bond donors (Lipinski definition) is 1. The number of hydrogen-bond acceptors (Lipinski definition) is 4. The zero-order chi connectivity index (χ0) is 22.4. The van der Waals surface area contributed by atoms with Gasteiger partial charge in [0.2, 0.25) is 0 Å². The average Bonchev–Trinajstić information content (AvgIpc) is 3.07. The van der Waals surface area contributed by atoms with Gasteiger partial charge in [0.1, 0.15) is 17.2 Å². The van der Waals surface area contributed by atoms with E-state index in [2.05, 4.69) is 35.6 Å². The van der Waals surface area contributed by atoms with Crippen molar-refractivity contribution in [3.63, 3.8) is 0 Å². The molecule has 0 bridgehead atoms. The normalized spacial score (nSPS) is 12.3. The van der Waals surface area contributed by atoms with E-state index in [9.17, 15) is 12.8 Å². The Morgan fingerprint density at radius 2 is 1.74 bits per heavy atom. The van der Waals surface area contributed by atoms with Crippen LogP contribution in [0.5, 0.6) is 0 Å². The van der Waals surface area contributed by atoms with Crippen LogP contribution >= 0.6 is 0 Å². The molecular formula is C23H23FN4O2S. The quantitative estimate of drug-likeness (QED) is 0.488. The van der Waals surface area contributed by atoms with Crippen molar-refractivity contribution in [2.75, 3.05) is 4.72 Å². The van der Waals surface area contributed by atoms with Crippen molar-refractivity contribution >= 4 is 26.7 Å². The highest BCUT2D eigenvalue weighted by Crippen LogP contribution is 2.28. The first-order valence-corrected chi connectivity index (χ1v) is 11.3. The summed E-state index contributed by atoms with van der Waals surface area (Å²) in [7, 11) is -3.85. The van der Waals surface area contributed by atoms with E-state index in [1.807, 2.05) is 12.1 Å². The number of nitrogens with zero attached hydrogens (tertiary/aromatic N) is 3. The number of nitrogens with one attached hydrogen (secondary N) is 1. The Morgan fingerprint density at radius 1 is 1.03 bits per heavy atom. The summed E-state index contributed by atoms with van der Waals surface area (Å²) < 4.78 is 44.4. The van der Waals surface area contributed by atoms with Crippen LogP contribution in [-0.2, 0) is 15.4 Å². The van der Waals surface area contributed by atoms with E-state index < -0.39 is 15.8 Å². The van der Waals surface area contributed by atoms with E-state index in [1.165, 1.54) is 16.9 Å². The molecule has 0 fully saturated rings. The first kappa shape index (κ1) is 21.0. The van der Waals surface area contributed by atoms with Crippen LogP contribution in [0.1, 0.15) is 32.0 Å². The van der Waals surface area contributed by atoms with Crippen LogP contribution in [0.25, 0.3) is 16.6 Å². The molecule has 0 aliphatic carbocycles. The smallest absolute Gasteiger partial charge is 0.263 e. The fraction of sp³-hybridized carbons (Fsp3) is 0.217. The molecule has 0 unspecified atom stereocenters. The van der Waals surface area contributed by atoms with Crippen LogP contribution in [0.15, 0.2) is 65.7 Å². The first-order chi connectivity index (χ1) is 14.6. The van der Waals surface area contributed by atoms with Crippen LogP contribution < -0.4 is 4.72 Å². The number of pyridine rings is 1. The SMILES string of the molecule is Cc1cc(NS(=O)(=O)c2ccc(C(C)(C)C)cc2)n(-c2ccc(F)c3ncccc23)n1. The monoisotopic (exact) mass is 438 g/mol. The number of anilines is 1. The molecule has 0 amide bonds. The summed E-state index contributed by atoms with van der Waals surface area (Å²) in [6.07, 6.45) is 1.51. The molecular weight excluding hydrogens is 415 g/mol.